The predicted molar refractivity (Wildman–Crippen MR) is 189 cm³/mol. The number of nitrogens with zero attached hydrogens (tertiary/aromatic N) is 13. The number of fused-ring (bicyclic) bond motifs is 3. The minimum Gasteiger partial charge on any atom is -0.342 e. The molecule has 246 valence electrons. The van der Waals surface area contributed by atoms with Gasteiger partial charge in [-0.05, 0) is 54.1 Å². The van der Waals surface area contributed by atoms with Crippen LogP contribution in [0.25, 0.3) is 52.5 Å². The molecule has 7 rings (SSSR count). The first-order valence-corrected chi connectivity index (χ1v) is 15.4. The summed E-state index contributed by atoms with van der Waals surface area (Å²) < 4.78 is 0. The minimum atomic E-state index is -1.22. The number of aromatic amines is 3. The average Bonchev–Trinajstić information content (AvgIpc) is 3.92. The van der Waals surface area contributed by atoms with Gasteiger partial charge in [-0.15, -0.1) is 0 Å². The molecule has 0 fully saturated rings. The lowest BCUT2D eigenvalue weighted by molar-refractivity contribution is 0.813. The van der Waals surface area contributed by atoms with Gasteiger partial charge in [-0.25, -0.2) is 31.4 Å². The summed E-state index contributed by atoms with van der Waals surface area (Å²) in [5.41, 5.74) is 3.33. The van der Waals surface area contributed by atoms with E-state index in [9.17, 15) is 26.3 Å². The number of hydrogen-bond acceptors (Lipinski definition) is 9. The van der Waals surface area contributed by atoms with E-state index in [0.717, 1.165) is 0 Å². The van der Waals surface area contributed by atoms with Crippen molar-refractivity contribution in [2.24, 2.45) is 0 Å². The monoisotopic (exact) mass is 694 g/mol. The fourth-order valence-electron chi connectivity index (χ4n) is 6.02. The summed E-state index contributed by atoms with van der Waals surface area (Å²) in [4.78, 5) is 41.5. The molecule has 3 N–H and O–H groups in total. The van der Waals surface area contributed by atoms with Gasteiger partial charge in [-0.1, -0.05) is 0 Å². The normalized spacial score (nSPS) is 12.1. The third kappa shape index (κ3) is 5.43. The molecule has 16 nitrogen and oxygen atoms in total. The van der Waals surface area contributed by atoms with E-state index in [1.807, 2.05) is 18.2 Å². The van der Waals surface area contributed by atoms with Crippen LogP contribution in [0.3, 0.4) is 0 Å². The van der Waals surface area contributed by atoms with Crippen molar-refractivity contribution < 1.29 is 0 Å². The second-order valence-electron chi connectivity index (χ2n) is 11.6. The molecule has 0 spiro atoms. The van der Waals surface area contributed by atoms with Crippen molar-refractivity contribution >= 4 is 50.2 Å². The molecule has 7 aromatic rings. The number of aromatic nitrogens is 7. The molecule has 3 atom stereocenters. The molecule has 16 heteroatoms. The summed E-state index contributed by atoms with van der Waals surface area (Å²) in [6.07, 6.45) is 0. The van der Waals surface area contributed by atoms with Gasteiger partial charge in [0.15, 0.2) is 17.2 Å². The summed E-state index contributed by atoms with van der Waals surface area (Å²) in [5.74, 6) is -1.92. The van der Waals surface area contributed by atoms with Crippen LogP contribution in [0.5, 0.6) is 0 Å². The molecule has 0 bridgehead atoms. The number of imidazole rings is 3. The maximum absolute atomic E-state index is 10.6. The van der Waals surface area contributed by atoms with Gasteiger partial charge in [0.1, 0.15) is 41.3 Å². The number of hydrogen-bond donors (Lipinski definition) is 3. The Bertz CT molecular complexity index is 2650. The van der Waals surface area contributed by atoms with Crippen LogP contribution in [0.2, 0.25) is 0 Å². The topological polar surface area (TPSA) is 235 Å². The molecule has 0 amide bonds. The van der Waals surface area contributed by atoms with E-state index < -0.39 is 17.9 Å². The third-order valence-corrected chi connectivity index (χ3v) is 8.57. The summed E-state index contributed by atoms with van der Waals surface area (Å²) in [6.45, 7) is 30.5. The zero-order valence-corrected chi connectivity index (χ0v) is 27.2. The second-order valence-corrected chi connectivity index (χ2v) is 11.6. The van der Waals surface area contributed by atoms with Crippen LogP contribution < -0.4 is 0 Å². The van der Waals surface area contributed by atoms with E-state index in [1.165, 1.54) is 48.5 Å². The molecular weight excluding hydrogens is 681 g/mol. The Hall–Kier alpha value is -9.37. The number of pyridine rings is 1. The van der Waals surface area contributed by atoms with E-state index in [1.54, 1.807) is 0 Å². The summed E-state index contributed by atoms with van der Waals surface area (Å²) >= 11 is 0. The lowest BCUT2D eigenvalue weighted by Gasteiger charge is -2.14. The Kier molecular flexibility index (Phi) is 8.08. The van der Waals surface area contributed by atoms with Crippen LogP contribution in [0, 0.1) is 82.9 Å². The van der Waals surface area contributed by atoms with Crippen molar-refractivity contribution in [3.05, 3.63) is 145 Å². The van der Waals surface area contributed by atoms with Crippen molar-refractivity contribution in [3.63, 3.8) is 0 Å². The van der Waals surface area contributed by atoms with Crippen molar-refractivity contribution in [1.29, 1.82) is 26.3 Å². The van der Waals surface area contributed by atoms with E-state index in [0.29, 0.717) is 33.1 Å². The van der Waals surface area contributed by atoms with Crippen LogP contribution >= 0.6 is 0 Å². The van der Waals surface area contributed by atoms with Gasteiger partial charge >= 0.3 is 6.04 Å². The van der Waals surface area contributed by atoms with E-state index >= 15 is 0 Å². The Balaban J connectivity index is 1.42. The highest BCUT2D eigenvalue weighted by atomic mass is 15.0. The molecule has 0 radical (unpaired) electrons. The fourth-order valence-corrected chi connectivity index (χ4v) is 6.02. The molecule has 3 unspecified atom stereocenters. The zero-order chi connectivity index (χ0) is 38.1. The first-order chi connectivity index (χ1) is 26.3. The smallest absolute Gasteiger partial charge is 0.321 e. The van der Waals surface area contributed by atoms with Crippen LogP contribution in [0.4, 0.5) is 17.1 Å². The van der Waals surface area contributed by atoms with Crippen LogP contribution in [-0.4, -0.2) is 34.9 Å². The second kappa shape index (κ2) is 13.2. The molecule has 0 aliphatic heterocycles. The Morgan fingerprint density at radius 3 is 1.57 bits per heavy atom. The molecule has 4 aromatic heterocycles. The molecule has 4 heterocycles. The Morgan fingerprint density at radius 2 is 0.981 bits per heavy atom. The third-order valence-electron chi connectivity index (χ3n) is 8.57. The Morgan fingerprint density at radius 1 is 0.500 bits per heavy atom. The molecule has 0 aliphatic rings. The van der Waals surface area contributed by atoms with E-state index in [-0.39, 0.29) is 68.2 Å². The number of H-pyrrole nitrogens is 3. The molecule has 54 heavy (non-hydrogen) atoms. The van der Waals surface area contributed by atoms with Crippen molar-refractivity contribution in [3.8, 4) is 30.3 Å². The van der Waals surface area contributed by atoms with Gasteiger partial charge in [-0.3, -0.25) is 14.5 Å². The fraction of sp³-hybridized carbons (Fsp3) is 0.0789. The number of nitriles is 5. The molecule has 3 aromatic carbocycles. The van der Waals surface area contributed by atoms with Gasteiger partial charge in [-0.2, -0.15) is 26.3 Å². The van der Waals surface area contributed by atoms with Gasteiger partial charge in [0.25, 0.3) is 0 Å². The molecule has 0 saturated carbocycles. The molecule has 0 saturated heterocycles. The highest BCUT2D eigenvalue weighted by Crippen LogP contribution is 2.36. The van der Waals surface area contributed by atoms with E-state index in [2.05, 4.69) is 61.4 Å². The van der Waals surface area contributed by atoms with Crippen LogP contribution in [0.1, 0.15) is 69.0 Å². The average molecular weight is 695 g/mol. The highest BCUT2D eigenvalue weighted by molar-refractivity contribution is 5.89. The van der Waals surface area contributed by atoms with Crippen molar-refractivity contribution in [2.75, 3.05) is 0 Å². The quantitative estimate of drug-likeness (QED) is 0.148. The molecule has 0 aliphatic carbocycles. The SMILES string of the molecule is [C-]#[N+]c1cc2[nH]c(C([N+]#[C-])c3cc(C(C#N)c4nc5cc(C#N)c(C#N)cc5[nH]4)cc(C(C#N)c4nc5cc([N+]#[C-])c([N+]#[C-])cc5[nH]4)n3)nc2cc1C#N. The summed E-state index contributed by atoms with van der Waals surface area (Å²) in [7, 11) is 0. The minimum absolute atomic E-state index is 0.0917. The maximum Gasteiger partial charge on any atom is 0.321 e. The number of benzene rings is 3. The van der Waals surface area contributed by atoms with Gasteiger partial charge in [0, 0.05) is 0 Å². The lowest BCUT2D eigenvalue weighted by Crippen LogP contribution is -2.11. The highest BCUT2D eigenvalue weighted by Gasteiger charge is 2.31. The number of nitrogens with one attached hydrogen (secondary N) is 3. The van der Waals surface area contributed by atoms with Gasteiger partial charge < -0.3 is 15.0 Å². The van der Waals surface area contributed by atoms with Crippen molar-refractivity contribution in [1.82, 2.24) is 34.9 Å². The lowest BCUT2D eigenvalue weighted by atomic mass is 9.94. The largest absolute Gasteiger partial charge is 0.342 e. The van der Waals surface area contributed by atoms with Gasteiger partial charge in [0.2, 0.25) is 5.69 Å². The number of rotatable bonds is 6. The molecular formula is C38H14N16. The predicted octanol–water partition coefficient (Wildman–Crippen LogP) is 7.30. The van der Waals surface area contributed by atoms with E-state index in [4.69, 9.17) is 31.3 Å². The zero-order valence-electron chi connectivity index (χ0n) is 27.2. The first kappa shape index (κ1) is 33.1. The Labute approximate surface area is 304 Å². The van der Waals surface area contributed by atoms with Crippen LogP contribution in [-0.2, 0) is 0 Å². The maximum atomic E-state index is 10.6. The summed E-state index contributed by atoms with van der Waals surface area (Å²) in [5, 5.41) is 49.7. The van der Waals surface area contributed by atoms with Gasteiger partial charge in [0.05, 0.1) is 93.4 Å². The standard InChI is InChI=1S/C38H14N16/c1-44-24-10-31-30(9-21(24)15-41)53-38(54-31)35(47-4)34-6-18(22(16-42)36-49-28-7-19(13-39)20(14-40)8-29(28)50-36)5-25(48-34)23(17-43)37-51-32-11-26(45-2)27(46-3)12-33(32)52-37/h5-12,22-23,35H,(H,49,50)(H,51,52)(H,53,54). The van der Waals surface area contributed by atoms with Crippen molar-refractivity contribution in [2.45, 2.75) is 17.9 Å². The first-order valence-electron chi connectivity index (χ1n) is 15.4. The van der Waals surface area contributed by atoms with Crippen LogP contribution in [0.15, 0.2) is 48.5 Å². The summed E-state index contributed by atoms with van der Waals surface area (Å²) in [6, 6.07) is 20.8.